The summed E-state index contributed by atoms with van der Waals surface area (Å²) in [5.74, 6) is 0.0324. The molecule has 1 aromatic carbocycles. The SMILES string of the molecule is O=C1[C@@H]2[C@H](C(=O)N1c1ccc(C(=O)N(C3CCCCC3)C3CCCCC3)cc1)[C@@H]1C=C[C@H]2C1. The summed E-state index contributed by atoms with van der Waals surface area (Å²) in [6.07, 6.45) is 17.0. The molecule has 1 heterocycles. The van der Waals surface area contributed by atoms with Gasteiger partial charge in [-0.3, -0.25) is 19.3 Å². The maximum Gasteiger partial charge on any atom is 0.254 e. The largest absolute Gasteiger partial charge is 0.333 e. The number of hydrogen-bond donors (Lipinski definition) is 0. The quantitative estimate of drug-likeness (QED) is 0.477. The lowest BCUT2D eigenvalue weighted by molar-refractivity contribution is -0.123. The molecule has 4 atom stereocenters. The van der Waals surface area contributed by atoms with Crippen LogP contribution in [0.5, 0.6) is 0 Å². The minimum Gasteiger partial charge on any atom is -0.333 e. The molecule has 0 radical (unpaired) electrons. The number of benzene rings is 1. The maximum absolute atomic E-state index is 13.7. The van der Waals surface area contributed by atoms with E-state index in [1.54, 1.807) is 12.1 Å². The van der Waals surface area contributed by atoms with Gasteiger partial charge in [-0.15, -0.1) is 0 Å². The van der Waals surface area contributed by atoms with Gasteiger partial charge in [-0.25, -0.2) is 0 Å². The number of carbonyl (C=O) groups excluding carboxylic acids is 3. The molecule has 33 heavy (non-hydrogen) atoms. The number of carbonyl (C=O) groups is 3. The van der Waals surface area contributed by atoms with Gasteiger partial charge in [0.25, 0.3) is 5.91 Å². The fourth-order valence-corrected chi connectivity index (χ4v) is 7.41. The van der Waals surface area contributed by atoms with Crippen molar-refractivity contribution < 1.29 is 14.4 Å². The Bertz CT molecular complexity index is 923. The standard InChI is InChI=1S/C28H34N2O3/c31-26(29(21-7-3-1-4-8-21)22-9-5-2-6-10-22)18-13-15-23(16-14-18)30-27(32)24-19-11-12-20(17-19)25(24)28(30)33/h11-16,19-22,24-25H,1-10,17H2/t19-,20+,24-,25+. The second-order valence-electron chi connectivity index (χ2n) is 10.9. The average molecular weight is 447 g/mol. The van der Waals surface area contributed by atoms with Gasteiger partial charge in [-0.2, -0.15) is 0 Å². The molecule has 0 unspecified atom stereocenters. The molecule has 5 aliphatic rings. The second kappa shape index (κ2) is 8.41. The molecule has 3 saturated carbocycles. The van der Waals surface area contributed by atoms with E-state index in [1.807, 2.05) is 12.1 Å². The molecule has 0 N–H and O–H groups in total. The van der Waals surface area contributed by atoms with Crippen molar-refractivity contribution in [2.75, 3.05) is 4.90 Å². The fourth-order valence-electron chi connectivity index (χ4n) is 7.41. The van der Waals surface area contributed by atoms with Gasteiger partial charge in [0.2, 0.25) is 11.8 Å². The average Bonchev–Trinajstić information content (AvgIpc) is 3.54. The van der Waals surface area contributed by atoms with Gasteiger partial charge >= 0.3 is 0 Å². The predicted molar refractivity (Wildman–Crippen MR) is 127 cm³/mol. The van der Waals surface area contributed by atoms with E-state index in [-0.39, 0.29) is 41.4 Å². The first-order valence-electron chi connectivity index (χ1n) is 13.1. The van der Waals surface area contributed by atoms with Gasteiger partial charge in [-0.1, -0.05) is 50.7 Å². The van der Waals surface area contributed by atoms with Crippen molar-refractivity contribution >= 4 is 23.4 Å². The van der Waals surface area contributed by atoms with E-state index in [4.69, 9.17) is 0 Å². The van der Waals surface area contributed by atoms with Crippen LogP contribution >= 0.6 is 0 Å². The molecule has 3 amide bonds. The maximum atomic E-state index is 13.7. The molecule has 174 valence electrons. The highest BCUT2D eigenvalue weighted by Gasteiger charge is 2.59. The van der Waals surface area contributed by atoms with E-state index >= 15 is 0 Å². The summed E-state index contributed by atoms with van der Waals surface area (Å²) < 4.78 is 0. The zero-order valence-electron chi connectivity index (χ0n) is 19.3. The van der Waals surface area contributed by atoms with Crippen molar-refractivity contribution in [2.45, 2.75) is 82.7 Å². The molecule has 5 heteroatoms. The normalized spacial score (nSPS) is 31.9. The molecule has 1 saturated heterocycles. The first kappa shape index (κ1) is 21.1. The summed E-state index contributed by atoms with van der Waals surface area (Å²) in [6, 6.07) is 7.96. The van der Waals surface area contributed by atoms with E-state index < -0.39 is 0 Å². The lowest BCUT2D eigenvalue weighted by Gasteiger charge is -2.42. The van der Waals surface area contributed by atoms with Crippen molar-refractivity contribution in [3.63, 3.8) is 0 Å². The van der Waals surface area contributed by atoms with E-state index in [9.17, 15) is 14.4 Å². The molecule has 4 aliphatic carbocycles. The number of allylic oxidation sites excluding steroid dienone is 2. The number of nitrogens with zero attached hydrogens (tertiary/aromatic N) is 2. The zero-order chi connectivity index (χ0) is 22.5. The Balaban J connectivity index is 1.23. The molecule has 5 nitrogen and oxygen atoms in total. The van der Waals surface area contributed by atoms with Crippen molar-refractivity contribution in [3.8, 4) is 0 Å². The van der Waals surface area contributed by atoms with Crippen molar-refractivity contribution in [3.05, 3.63) is 42.0 Å². The summed E-state index contributed by atoms with van der Waals surface area (Å²) in [4.78, 5) is 43.6. The molecular formula is C28H34N2O3. The molecule has 4 fully saturated rings. The molecule has 0 aromatic heterocycles. The van der Waals surface area contributed by atoms with Crippen LogP contribution in [-0.2, 0) is 9.59 Å². The van der Waals surface area contributed by atoms with Gasteiger partial charge in [0.1, 0.15) is 0 Å². The minimum absolute atomic E-state index is 0.0630. The third-order valence-corrected chi connectivity index (χ3v) is 9.01. The van der Waals surface area contributed by atoms with Crippen LogP contribution < -0.4 is 4.90 Å². The molecule has 6 rings (SSSR count). The van der Waals surface area contributed by atoms with Gasteiger partial charge in [0.05, 0.1) is 17.5 Å². The predicted octanol–water partition coefficient (Wildman–Crippen LogP) is 5.11. The zero-order valence-corrected chi connectivity index (χ0v) is 19.3. The van der Waals surface area contributed by atoms with Crippen molar-refractivity contribution in [1.29, 1.82) is 0 Å². The smallest absolute Gasteiger partial charge is 0.254 e. The molecule has 2 bridgehead atoms. The Labute approximate surface area is 196 Å². The van der Waals surface area contributed by atoms with E-state index in [1.165, 1.54) is 43.4 Å². The summed E-state index contributed by atoms with van der Waals surface area (Å²) >= 11 is 0. The minimum atomic E-state index is -0.193. The number of amides is 3. The van der Waals surface area contributed by atoms with Crippen LogP contribution in [-0.4, -0.2) is 34.7 Å². The van der Waals surface area contributed by atoms with E-state index in [0.29, 0.717) is 23.3 Å². The van der Waals surface area contributed by atoms with Gasteiger partial charge in [-0.05, 0) is 68.2 Å². The highest BCUT2D eigenvalue weighted by molar-refractivity contribution is 6.22. The molecule has 1 aliphatic heterocycles. The number of imide groups is 1. The summed E-state index contributed by atoms with van der Waals surface area (Å²) in [5, 5.41) is 0. The van der Waals surface area contributed by atoms with E-state index in [2.05, 4.69) is 17.1 Å². The summed E-state index contributed by atoms with van der Waals surface area (Å²) in [7, 11) is 0. The molecular weight excluding hydrogens is 412 g/mol. The number of hydrogen-bond acceptors (Lipinski definition) is 3. The lowest BCUT2D eigenvalue weighted by atomic mass is 9.85. The van der Waals surface area contributed by atoms with Crippen molar-refractivity contribution in [2.24, 2.45) is 23.7 Å². The molecule has 1 aromatic rings. The molecule has 0 spiro atoms. The summed E-state index contributed by atoms with van der Waals surface area (Å²) in [6.45, 7) is 0. The number of fused-ring (bicyclic) bond motifs is 5. The van der Waals surface area contributed by atoms with E-state index in [0.717, 1.165) is 32.1 Å². The monoisotopic (exact) mass is 446 g/mol. The first-order valence-corrected chi connectivity index (χ1v) is 13.1. The first-order chi connectivity index (χ1) is 16.1. The van der Waals surface area contributed by atoms with Crippen LogP contribution in [0.3, 0.4) is 0 Å². The Morgan fingerprint density at radius 2 is 1.21 bits per heavy atom. The van der Waals surface area contributed by atoms with Crippen LogP contribution in [0.1, 0.15) is 81.0 Å². The van der Waals surface area contributed by atoms with Crippen LogP contribution in [0, 0.1) is 23.7 Å². The summed E-state index contributed by atoms with van der Waals surface area (Å²) in [5.41, 5.74) is 1.29. The van der Waals surface area contributed by atoms with Crippen molar-refractivity contribution in [1.82, 2.24) is 4.90 Å². The van der Waals surface area contributed by atoms with Crippen LogP contribution in [0.4, 0.5) is 5.69 Å². The third kappa shape index (κ3) is 3.46. The number of anilines is 1. The highest BCUT2D eigenvalue weighted by Crippen LogP contribution is 2.53. The van der Waals surface area contributed by atoms with Crippen LogP contribution in [0.2, 0.25) is 0 Å². The lowest BCUT2D eigenvalue weighted by Crippen LogP contribution is -2.48. The Kier molecular flexibility index (Phi) is 5.38. The van der Waals surface area contributed by atoms with Crippen LogP contribution in [0.15, 0.2) is 36.4 Å². The highest BCUT2D eigenvalue weighted by atomic mass is 16.2. The van der Waals surface area contributed by atoms with Gasteiger partial charge in [0.15, 0.2) is 0 Å². The van der Waals surface area contributed by atoms with Crippen LogP contribution in [0.25, 0.3) is 0 Å². The number of rotatable bonds is 4. The Morgan fingerprint density at radius 3 is 1.70 bits per heavy atom. The topological polar surface area (TPSA) is 57.7 Å². The Hall–Kier alpha value is -2.43. The Morgan fingerprint density at radius 1 is 0.727 bits per heavy atom. The third-order valence-electron chi connectivity index (χ3n) is 9.01. The second-order valence-corrected chi connectivity index (χ2v) is 10.9. The fraction of sp³-hybridized carbons (Fsp3) is 0.607. The van der Waals surface area contributed by atoms with Gasteiger partial charge < -0.3 is 4.90 Å². The van der Waals surface area contributed by atoms with Gasteiger partial charge in [0, 0.05) is 17.6 Å².